The topological polar surface area (TPSA) is 39.2 Å². The summed E-state index contributed by atoms with van der Waals surface area (Å²) in [7, 11) is 1.67. The number of aromatic amines is 1. The average Bonchev–Trinajstić information content (AvgIpc) is 2.98. The molecule has 1 aromatic carbocycles. The highest BCUT2D eigenvalue weighted by Gasteiger charge is 2.36. The Morgan fingerprint density at radius 1 is 1.58 bits per heavy atom. The van der Waals surface area contributed by atoms with Gasteiger partial charge in [-0.3, -0.25) is 0 Å². The van der Waals surface area contributed by atoms with Gasteiger partial charge in [0.1, 0.15) is 11.4 Å². The van der Waals surface area contributed by atoms with Crippen LogP contribution in [0.4, 0.5) is 4.39 Å². The Kier molecular flexibility index (Phi) is 3.16. The number of nitrogens with zero attached hydrogens (tertiary/aromatic N) is 1. The Morgan fingerprint density at radius 2 is 2.42 bits per heavy atom. The fourth-order valence-corrected chi connectivity index (χ4v) is 2.78. The molecule has 0 spiro atoms. The molecule has 1 saturated heterocycles. The smallest absolute Gasteiger partial charge is 0.178 e. The zero-order valence-electron chi connectivity index (χ0n) is 10.6. The van der Waals surface area contributed by atoms with E-state index >= 15 is 0 Å². The van der Waals surface area contributed by atoms with Gasteiger partial charge in [0, 0.05) is 20.1 Å². The van der Waals surface area contributed by atoms with E-state index in [9.17, 15) is 4.39 Å². The van der Waals surface area contributed by atoms with E-state index in [2.05, 4.69) is 4.98 Å². The van der Waals surface area contributed by atoms with E-state index in [1.165, 1.54) is 12.1 Å². The lowest BCUT2D eigenvalue weighted by Crippen LogP contribution is -2.37. The highest BCUT2D eigenvalue weighted by atomic mass is 32.1. The number of H-pyrrole nitrogens is 1. The first kappa shape index (κ1) is 12.8. The van der Waals surface area contributed by atoms with Crippen molar-refractivity contribution in [2.24, 2.45) is 0 Å². The predicted octanol–water partition coefficient (Wildman–Crippen LogP) is 2.64. The third-order valence-electron chi connectivity index (χ3n) is 3.68. The van der Waals surface area contributed by atoms with Gasteiger partial charge in [0.25, 0.3) is 0 Å². The van der Waals surface area contributed by atoms with E-state index < -0.39 is 0 Å². The number of hydrogen-bond acceptors (Lipinski definition) is 3. The fourth-order valence-electron chi connectivity index (χ4n) is 2.51. The van der Waals surface area contributed by atoms with Crippen LogP contribution < -0.4 is 0 Å². The number of fused-ring (bicyclic) bond motifs is 1. The Labute approximate surface area is 115 Å². The van der Waals surface area contributed by atoms with E-state index in [4.69, 9.17) is 21.7 Å². The molecule has 1 fully saturated rings. The van der Waals surface area contributed by atoms with Crippen LogP contribution in [0.3, 0.4) is 0 Å². The van der Waals surface area contributed by atoms with Crippen LogP contribution >= 0.6 is 12.2 Å². The normalized spacial score (nSPS) is 23.3. The Bertz CT molecular complexity index is 658. The van der Waals surface area contributed by atoms with Gasteiger partial charge < -0.3 is 19.0 Å². The van der Waals surface area contributed by atoms with Crippen molar-refractivity contribution in [2.45, 2.75) is 18.6 Å². The molecule has 1 aliphatic rings. The van der Waals surface area contributed by atoms with Gasteiger partial charge in [-0.15, -0.1) is 0 Å². The Hall–Kier alpha value is -1.24. The van der Waals surface area contributed by atoms with Crippen LogP contribution in [0.15, 0.2) is 18.2 Å². The second-order valence-corrected chi connectivity index (χ2v) is 5.25. The molecule has 3 rings (SSSR count). The number of ether oxygens (including phenoxy) is 2. The van der Waals surface area contributed by atoms with Gasteiger partial charge in [-0.25, -0.2) is 4.39 Å². The van der Waals surface area contributed by atoms with Gasteiger partial charge in [-0.1, -0.05) is 0 Å². The van der Waals surface area contributed by atoms with Crippen LogP contribution in [-0.2, 0) is 16.0 Å². The maximum atomic E-state index is 13.4. The van der Waals surface area contributed by atoms with Gasteiger partial charge >= 0.3 is 0 Å². The summed E-state index contributed by atoms with van der Waals surface area (Å²) in [5.41, 5.74) is 1.21. The first-order chi connectivity index (χ1) is 9.13. The average molecular weight is 282 g/mol. The number of nitrogens with one attached hydrogen (secondary N) is 1. The zero-order chi connectivity index (χ0) is 13.5. The third kappa shape index (κ3) is 2.20. The summed E-state index contributed by atoms with van der Waals surface area (Å²) < 4.78 is 26.9. The summed E-state index contributed by atoms with van der Waals surface area (Å²) in [5, 5.41) is 0. The van der Waals surface area contributed by atoms with Crippen molar-refractivity contribution >= 4 is 23.3 Å². The van der Waals surface area contributed by atoms with E-state index in [0.717, 1.165) is 17.5 Å². The van der Waals surface area contributed by atoms with Crippen molar-refractivity contribution in [1.29, 1.82) is 0 Å². The minimum atomic E-state index is -0.375. The van der Waals surface area contributed by atoms with Crippen LogP contribution in [0.1, 0.15) is 6.42 Å². The van der Waals surface area contributed by atoms with E-state index in [0.29, 0.717) is 24.5 Å². The molecule has 4 nitrogen and oxygen atoms in total. The standard InChI is InChI=1S/C13H15FN2O2S/c1-17-13(4-5-18-8-13)7-16-11-6-9(14)2-3-10(11)15-12(16)19/h2-3,6H,4-5,7-8H2,1H3,(H,15,19). The molecular formula is C13H15FN2O2S. The van der Waals surface area contributed by atoms with Crippen molar-refractivity contribution < 1.29 is 13.9 Å². The molecule has 1 atom stereocenters. The summed E-state index contributed by atoms with van der Waals surface area (Å²) in [6.45, 7) is 1.77. The molecule has 0 radical (unpaired) electrons. The molecule has 0 amide bonds. The van der Waals surface area contributed by atoms with Crippen molar-refractivity contribution in [3.8, 4) is 0 Å². The summed E-state index contributed by atoms with van der Waals surface area (Å²) in [5.74, 6) is -0.274. The number of methoxy groups -OCH3 is 1. The van der Waals surface area contributed by atoms with Crippen LogP contribution in [-0.4, -0.2) is 35.5 Å². The molecule has 0 saturated carbocycles. The fraction of sp³-hybridized carbons (Fsp3) is 0.462. The minimum absolute atomic E-state index is 0.274. The molecule has 2 aromatic rings. The van der Waals surface area contributed by atoms with E-state index in [-0.39, 0.29) is 11.4 Å². The molecule has 1 aliphatic heterocycles. The number of halogens is 1. The van der Waals surface area contributed by atoms with Gasteiger partial charge in [0.05, 0.1) is 24.2 Å². The SMILES string of the molecule is COC1(Cn2c(=S)[nH]c3ccc(F)cc32)CCOC1. The van der Waals surface area contributed by atoms with Gasteiger partial charge in [-0.05, 0) is 30.4 Å². The summed E-state index contributed by atoms with van der Waals surface area (Å²) in [4.78, 5) is 3.08. The minimum Gasteiger partial charge on any atom is -0.378 e. The van der Waals surface area contributed by atoms with Crippen molar-refractivity contribution in [2.75, 3.05) is 20.3 Å². The van der Waals surface area contributed by atoms with Crippen molar-refractivity contribution in [3.63, 3.8) is 0 Å². The molecule has 0 aliphatic carbocycles. The van der Waals surface area contributed by atoms with Crippen LogP contribution in [0, 0.1) is 10.6 Å². The molecule has 2 heterocycles. The lowest BCUT2D eigenvalue weighted by molar-refractivity contribution is -0.0290. The highest BCUT2D eigenvalue weighted by molar-refractivity contribution is 7.71. The van der Waals surface area contributed by atoms with Crippen LogP contribution in [0.2, 0.25) is 0 Å². The number of rotatable bonds is 3. The van der Waals surface area contributed by atoms with Crippen LogP contribution in [0.5, 0.6) is 0 Å². The third-order valence-corrected chi connectivity index (χ3v) is 4.01. The predicted molar refractivity (Wildman–Crippen MR) is 72.3 cm³/mol. The van der Waals surface area contributed by atoms with Crippen molar-refractivity contribution in [3.05, 3.63) is 28.8 Å². The van der Waals surface area contributed by atoms with Gasteiger partial charge in [0.15, 0.2) is 4.77 Å². The van der Waals surface area contributed by atoms with E-state index in [1.807, 2.05) is 4.57 Å². The monoisotopic (exact) mass is 282 g/mol. The maximum Gasteiger partial charge on any atom is 0.178 e. The van der Waals surface area contributed by atoms with Crippen molar-refractivity contribution in [1.82, 2.24) is 9.55 Å². The molecule has 0 bridgehead atoms. The molecule has 19 heavy (non-hydrogen) atoms. The lowest BCUT2D eigenvalue weighted by atomic mass is 10.0. The first-order valence-electron chi connectivity index (χ1n) is 6.14. The molecule has 102 valence electrons. The van der Waals surface area contributed by atoms with E-state index in [1.54, 1.807) is 13.2 Å². The van der Waals surface area contributed by atoms with Gasteiger partial charge in [0.2, 0.25) is 0 Å². The Morgan fingerprint density at radius 3 is 3.11 bits per heavy atom. The highest BCUT2D eigenvalue weighted by Crippen LogP contribution is 2.27. The molecule has 1 N–H and O–H groups in total. The maximum absolute atomic E-state index is 13.4. The number of aromatic nitrogens is 2. The number of hydrogen-bond donors (Lipinski definition) is 1. The summed E-state index contributed by atoms with van der Waals surface area (Å²) in [6.07, 6.45) is 0.813. The number of imidazole rings is 1. The largest absolute Gasteiger partial charge is 0.378 e. The summed E-state index contributed by atoms with van der Waals surface area (Å²) in [6, 6.07) is 4.60. The molecular weight excluding hydrogens is 267 g/mol. The summed E-state index contributed by atoms with van der Waals surface area (Å²) >= 11 is 5.32. The molecule has 1 unspecified atom stereocenters. The van der Waals surface area contributed by atoms with Gasteiger partial charge in [-0.2, -0.15) is 0 Å². The lowest BCUT2D eigenvalue weighted by Gasteiger charge is -2.26. The quantitative estimate of drug-likeness (QED) is 0.880. The number of benzene rings is 1. The van der Waals surface area contributed by atoms with Crippen LogP contribution in [0.25, 0.3) is 11.0 Å². The zero-order valence-corrected chi connectivity index (χ0v) is 11.4. The second kappa shape index (κ2) is 4.70. The second-order valence-electron chi connectivity index (χ2n) is 4.87. The first-order valence-corrected chi connectivity index (χ1v) is 6.55. The molecule has 1 aromatic heterocycles. The Balaban J connectivity index is 2.07. The molecule has 6 heteroatoms.